The third kappa shape index (κ3) is 4.69. The van der Waals surface area contributed by atoms with Gasteiger partial charge in [0.1, 0.15) is 11.5 Å². The zero-order valence-electron chi connectivity index (χ0n) is 17.1. The number of anilines is 1. The van der Waals surface area contributed by atoms with Gasteiger partial charge in [-0.05, 0) is 31.2 Å². The summed E-state index contributed by atoms with van der Waals surface area (Å²) in [7, 11) is 2.88. The summed E-state index contributed by atoms with van der Waals surface area (Å²) >= 11 is 0. The summed E-state index contributed by atoms with van der Waals surface area (Å²) in [4.78, 5) is 41.9. The number of amides is 1. The second-order valence-corrected chi connectivity index (χ2v) is 6.08. The summed E-state index contributed by atoms with van der Waals surface area (Å²) in [5.74, 6) is -1.52. The molecule has 1 heterocycles. The van der Waals surface area contributed by atoms with Gasteiger partial charge in [0.15, 0.2) is 0 Å². The molecule has 1 amide bonds. The second kappa shape index (κ2) is 9.53. The van der Waals surface area contributed by atoms with Crippen molar-refractivity contribution in [1.29, 1.82) is 0 Å². The molecule has 160 valence electrons. The summed E-state index contributed by atoms with van der Waals surface area (Å²) in [6, 6.07) is 13.0. The first-order valence-corrected chi connectivity index (χ1v) is 9.25. The number of hydrogen-bond acceptors (Lipinski definition) is 8. The minimum absolute atomic E-state index is 0.0946. The third-order valence-electron chi connectivity index (χ3n) is 4.15. The molecule has 0 spiro atoms. The fourth-order valence-corrected chi connectivity index (χ4v) is 2.69. The molecule has 0 aliphatic heterocycles. The maximum Gasteiger partial charge on any atom is 0.378 e. The van der Waals surface area contributed by atoms with E-state index in [1.54, 1.807) is 43.3 Å². The smallest absolute Gasteiger partial charge is 0.378 e. The van der Waals surface area contributed by atoms with E-state index in [9.17, 15) is 14.4 Å². The SMILES string of the molecule is CCOC(=O)c1nc(NC(=O)c2ccc(OC)cc2OC)c(=O)n(-c2ccccc2)n1. The Bertz CT molecular complexity index is 1160. The Morgan fingerprint density at radius 1 is 1.06 bits per heavy atom. The normalized spacial score (nSPS) is 10.3. The van der Waals surface area contributed by atoms with Crippen molar-refractivity contribution in [3.05, 3.63) is 70.3 Å². The quantitative estimate of drug-likeness (QED) is 0.572. The van der Waals surface area contributed by atoms with Crippen molar-refractivity contribution in [3.8, 4) is 17.2 Å². The van der Waals surface area contributed by atoms with Crippen molar-refractivity contribution in [2.24, 2.45) is 0 Å². The lowest BCUT2D eigenvalue weighted by atomic mass is 10.1. The van der Waals surface area contributed by atoms with Crippen molar-refractivity contribution in [2.45, 2.75) is 6.92 Å². The van der Waals surface area contributed by atoms with Crippen molar-refractivity contribution >= 4 is 17.7 Å². The van der Waals surface area contributed by atoms with Crippen molar-refractivity contribution < 1.29 is 23.8 Å². The largest absolute Gasteiger partial charge is 0.497 e. The van der Waals surface area contributed by atoms with Crippen LogP contribution < -0.4 is 20.3 Å². The summed E-state index contributed by atoms with van der Waals surface area (Å²) in [6.07, 6.45) is 0. The molecule has 31 heavy (non-hydrogen) atoms. The summed E-state index contributed by atoms with van der Waals surface area (Å²) in [5, 5.41) is 6.42. The number of para-hydroxylation sites is 1. The molecular formula is C21H20N4O6. The van der Waals surface area contributed by atoms with Gasteiger partial charge in [-0.15, -0.1) is 5.10 Å². The highest BCUT2D eigenvalue weighted by atomic mass is 16.5. The number of aromatic nitrogens is 3. The Kier molecular flexibility index (Phi) is 6.61. The van der Waals surface area contributed by atoms with E-state index in [1.807, 2.05) is 0 Å². The van der Waals surface area contributed by atoms with Gasteiger partial charge in [0, 0.05) is 6.07 Å². The van der Waals surface area contributed by atoms with Gasteiger partial charge in [-0.2, -0.15) is 9.67 Å². The van der Waals surface area contributed by atoms with E-state index in [2.05, 4.69) is 15.4 Å². The highest BCUT2D eigenvalue weighted by molar-refractivity contribution is 6.06. The lowest BCUT2D eigenvalue weighted by Crippen LogP contribution is -2.31. The van der Waals surface area contributed by atoms with E-state index in [0.717, 1.165) is 4.68 Å². The van der Waals surface area contributed by atoms with E-state index in [0.29, 0.717) is 11.4 Å². The van der Waals surface area contributed by atoms with Gasteiger partial charge in [0.25, 0.3) is 11.7 Å². The van der Waals surface area contributed by atoms with E-state index in [-0.39, 0.29) is 29.6 Å². The second-order valence-electron chi connectivity index (χ2n) is 6.08. The topological polar surface area (TPSA) is 122 Å². The molecule has 10 nitrogen and oxygen atoms in total. The number of carbonyl (C=O) groups is 2. The van der Waals surface area contributed by atoms with Crippen LogP contribution >= 0.6 is 0 Å². The molecule has 0 fully saturated rings. The van der Waals surface area contributed by atoms with Gasteiger partial charge in [0.2, 0.25) is 5.82 Å². The maximum absolute atomic E-state index is 12.9. The lowest BCUT2D eigenvalue weighted by Gasteiger charge is -2.12. The molecule has 0 aliphatic carbocycles. The van der Waals surface area contributed by atoms with E-state index >= 15 is 0 Å². The average Bonchev–Trinajstić information content (AvgIpc) is 2.80. The van der Waals surface area contributed by atoms with Crippen molar-refractivity contribution in [3.63, 3.8) is 0 Å². The molecule has 0 aliphatic rings. The third-order valence-corrected chi connectivity index (χ3v) is 4.15. The predicted octanol–water partition coefficient (Wildman–Crippen LogP) is 2.07. The molecule has 3 aromatic rings. The van der Waals surface area contributed by atoms with Crippen LogP contribution in [0.3, 0.4) is 0 Å². The Morgan fingerprint density at radius 2 is 1.81 bits per heavy atom. The highest BCUT2D eigenvalue weighted by Gasteiger charge is 2.21. The molecule has 2 aromatic carbocycles. The number of methoxy groups -OCH3 is 2. The van der Waals surface area contributed by atoms with Gasteiger partial charge in [-0.25, -0.2) is 4.79 Å². The van der Waals surface area contributed by atoms with Crippen LogP contribution in [0.15, 0.2) is 53.3 Å². The van der Waals surface area contributed by atoms with Crippen LogP contribution in [0.1, 0.15) is 27.9 Å². The molecule has 0 saturated heterocycles. The minimum Gasteiger partial charge on any atom is -0.497 e. The number of nitrogens with one attached hydrogen (secondary N) is 1. The van der Waals surface area contributed by atoms with Gasteiger partial charge >= 0.3 is 11.5 Å². The number of ether oxygens (including phenoxy) is 3. The molecule has 0 saturated carbocycles. The Hall–Kier alpha value is -4.21. The van der Waals surface area contributed by atoms with Crippen molar-refractivity contribution in [2.75, 3.05) is 26.1 Å². The molecule has 0 radical (unpaired) electrons. The number of carbonyl (C=O) groups excluding carboxylic acids is 2. The number of esters is 1. The fraction of sp³-hybridized carbons (Fsp3) is 0.190. The first kappa shape index (κ1) is 21.5. The van der Waals surface area contributed by atoms with Crippen LogP contribution in [-0.2, 0) is 4.74 Å². The van der Waals surface area contributed by atoms with E-state index in [1.165, 1.54) is 26.4 Å². The Morgan fingerprint density at radius 3 is 2.45 bits per heavy atom. The molecule has 0 bridgehead atoms. The van der Waals surface area contributed by atoms with Gasteiger partial charge < -0.3 is 19.5 Å². The van der Waals surface area contributed by atoms with Gasteiger partial charge in [-0.3, -0.25) is 9.59 Å². The Balaban J connectivity index is 2.06. The van der Waals surface area contributed by atoms with Crippen molar-refractivity contribution in [1.82, 2.24) is 14.8 Å². The molecule has 3 rings (SSSR count). The summed E-state index contributed by atoms with van der Waals surface area (Å²) < 4.78 is 16.3. The first-order chi connectivity index (χ1) is 15.0. The van der Waals surface area contributed by atoms with Crippen LogP contribution in [-0.4, -0.2) is 47.5 Å². The van der Waals surface area contributed by atoms with Crippen LogP contribution in [0.4, 0.5) is 5.82 Å². The maximum atomic E-state index is 12.9. The number of nitrogens with zero attached hydrogens (tertiary/aromatic N) is 3. The minimum atomic E-state index is -0.829. The molecule has 10 heteroatoms. The van der Waals surface area contributed by atoms with Gasteiger partial charge in [0.05, 0.1) is 32.1 Å². The lowest BCUT2D eigenvalue weighted by molar-refractivity contribution is 0.0509. The monoisotopic (exact) mass is 424 g/mol. The Labute approximate surface area is 177 Å². The highest BCUT2D eigenvalue weighted by Crippen LogP contribution is 2.25. The molecular weight excluding hydrogens is 404 g/mol. The van der Waals surface area contributed by atoms with Gasteiger partial charge in [-0.1, -0.05) is 18.2 Å². The standard InChI is InChI=1S/C21H20N4O6/c1-4-31-21(28)18-22-17(20(27)25(24-18)13-8-6-5-7-9-13)23-19(26)15-11-10-14(29-2)12-16(15)30-3/h5-12H,4H2,1-3H3,(H,22,23,24,26). The number of hydrogen-bond donors (Lipinski definition) is 1. The average molecular weight is 424 g/mol. The van der Waals surface area contributed by atoms with Crippen LogP contribution in [0, 0.1) is 0 Å². The zero-order chi connectivity index (χ0) is 22.4. The van der Waals surface area contributed by atoms with E-state index < -0.39 is 17.4 Å². The molecule has 0 unspecified atom stereocenters. The van der Waals surface area contributed by atoms with Crippen LogP contribution in [0.2, 0.25) is 0 Å². The van der Waals surface area contributed by atoms with Crippen LogP contribution in [0.5, 0.6) is 11.5 Å². The van der Waals surface area contributed by atoms with E-state index in [4.69, 9.17) is 14.2 Å². The molecule has 0 atom stereocenters. The summed E-state index contributed by atoms with van der Waals surface area (Å²) in [6.45, 7) is 1.72. The number of rotatable bonds is 7. The molecule has 1 aromatic heterocycles. The predicted molar refractivity (Wildman–Crippen MR) is 111 cm³/mol. The number of benzene rings is 2. The summed E-state index contributed by atoms with van der Waals surface area (Å²) in [5.41, 5.74) is -0.191. The van der Waals surface area contributed by atoms with Crippen LogP contribution in [0.25, 0.3) is 5.69 Å². The molecule has 1 N–H and O–H groups in total. The zero-order valence-corrected chi connectivity index (χ0v) is 17.1. The first-order valence-electron chi connectivity index (χ1n) is 9.25. The fourth-order valence-electron chi connectivity index (χ4n) is 2.69.